The lowest BCUT2D eigenvalue weighted by Gasteiger charge is -2.03. The average Bonchev–Trinajstić information content (AvgIpc) is 2.20. The van der Waals surface area contributed by atoms with Crippen molar-refractivity contribution in [3.05, 3.63) is 45.4 Å². The van der Waals surface area contributed by atoms with Crippen LogP contribution in [0.3, 0.4) is 0 Å². The van der Waals surface area contributed by atoms with Gasteiger partial charge in [0.25, 0.3) is 0 Å². The lowest BCUT2D eigenvalue weighted by Crippen LogP contribution is -1.92. The summed E-state index contributed by atoms with van der Waals surface area (Å²) in [5, 5.41) is 0.378. The first-order valence-corrected chi connectivity index (χ1v) is 5.70. The summed E-state index contributed by atoms with van der Waals surface area (Å²) in [5.74, 6) is 0.174. The zero-order chi connectivity index (χ0) is 11.7. The quantitative estimate of drug-likeness (QED) is 0.744. The van der Waals surface area contributed by atoms with Crippen LogP contribution in [0.5, 0.6) is 0 Å². The van der Waals surface area contributed by atoms with E-state index in [1.165, 1.54) is 6.07 Å². The van der Waals surface area contributed by atoms with Crippen molar-refractivity contribution in [2.75, 3.05) is 0 Å². The molecule has 0 aliphatic rings. The lowest BCUT2D eigenvalue weighted by atomic mass is 10.2. The van der Waals surface area contributed by atoms with Gasteiger partial charge < -0.3 is 0 Å². The summed E-state index contributed by atoms with van der Waals surface area (Å²) in [4.78, 5) is 8.32. The molecular weight excluding hydrogens is 294 g/mol. The monoisotopic (exact) mass is 300 g/mol. The average molecular weight is 302 g/mol. The zero-order valence-electron chi connectivity index (χ0n) is 8.34. The second-order valence-corrected chi connectivity index (χ2v) is 4.53. The normalized spacial score (nSPS) is 10.5. The highest BCUT2D eigenvalue weighted by atomic mass is 79.9. The molecule has 0 aliphatic carbocycles. The largest absolute Gasteiger partial charge is 0.233 e. The summed E-state index contributed by atoms with van der Waals surface area (Å²) in [7, 11) is 0. The fraction of sp³-hybridized carbons (Fsp3) is 0.0909. The topological polar surface area (TPSA) is 25.8 Å². The highest BCUT2D eigenvalue weighted by Crippen LogP contribution is 2.23. The first kappa shape index (κ1) is 11.5. The minimum Gasteiger partial charge on any atom is -0.233 e. The van der Waals surface area contributed by atoms with E-state index in [1.807, 2.05) is 6.92 Å². The Bertz CT molecular complexity index is 525. The predicted octanol–water partition coefficient (Wildman–Crippen LogP) is 4.01. The van der Waals surface area contributed by atoms with Crippen LogP contribution in [0.2, 0.25) is 5.15 Å². The van der Waals surface area contributed by atoms with Crippen molar-refractivity contribution in [2.24, 2.45) is 0 Å². The lowest BCUT2D eigenvalue weighted by molar-refractivity contribution is 0.621. The molecule has 2 rings (SSSR count). The molecule has 82 valence electrons. The van der Waals surface area contributed by atoms with E-state index in [9.17, 15) is 4.39 Å². The van der Waals surface area contributed by atoms with E-state index >= 15 is 0 Å². The summed E-state index contributed by atoms with van der Waals surface area (Å²) in [6, 6.07) is 6.27. The van der Waals surface area contributed by atoms with E-state index in [0.717, 1.165) is 11.3 Å². The van der Waals surface area contributed by atoms with Crippen molar-refractivity contribution in [3.63, 3.8) is 0 Å². The third-order valence-corrected chi connectivity index (χ3v) is 2.80. The molecule has 16 heavy (non-hydrogen) atoms. The van der Waals surface area contributed by atoms with Crippen molar-refractivity contribution in [2.45, 2.75) is 6.92 Å². The molecule has 0 amide bonds. The molecule has 1 aromatic carbocycles. The summed E-state index contributed by atoms with van der Waals surface area (Å²) < 4.78 is 13.4. The van der Waals surface area contributed by atoms with Gasteiger partial charge in [0.1, 0.15) is 11.0 Å². The first-order valence-electron chi connectivity index (χ1n) is 4.53. The molecule has 0 spiro atoms. The number of rotatable bonds is 1. The molecule has 5 heteroatoms. The maximum atomic E-state index is 13.1. The number of benzene rings is 1. The molecule has 0 N–H and O–H groups in total. The van der Waals surface area contributed by atoms with Crippen LogP contribution in [0.15, 0.2) is 28.7 Å². The highest BCUT2D eigenvalue weighted by molar-refractivity contribution is 9.10. The Labute approximate surface area is 106 Å². The summed E-state index contributed by atoms with van der Waals surface area (Å²) in [5.41, 5.74) is 1.49. The van der Waals surface area contributed by atoms with E-state index in [-0.39, 0.29) is 5.82 Å². The maximum absolute atomic E-state index is 13.1. The Hall–Kier alpha value is -1.00. The number of aryl methyl sites for hydroxylation is 1. The van der Waals surface area contributed by atoms with Gasteiger partial charge in [-0.25, -0.2) is 14.4 Å². The molecule has 2 nitrogen and oxygen atoms in total. The van der Waals surface area contributed by atoms with Crippen molar-refractivity contribution in [3.8, 4) is 11.4 Å². The number of hydrogen-bond acceptors (Lipinski definition) is 2. The van der Waals surface area contributed by atoms with Gasteiger partial charge >= 0.3 is 0 Å². The van der Waals surface area contributed by atoms with Gasteiger partial charge in [0.2, 0.25) is 0 Å². The van der Waals surface area contributed by atoms with Crippen LogP contribution >= 0.6 is 27.5 Å². The van der Waals surface area contributed by atoms with Gasteiger partial charge in [-0.3, -0.25) is 0 Å². The van der Waals surface area contributed by atoms with Crippen molar-refractivity contribution in [1.82, 2.24) is 9.97 Å². The Morgan fingerprint density at radius 3 is 2.62 bits per heavy atom. The molecular formula is C11H7BrClFN2. The van der Waals surface area contributed by atoms with Crippen molar-refractivity contribution < 1.29 is 4.39 Å². The van der Waals surface area contributed by atoms with Gasteiger partial charge in [-0.05, 0) is 47.1 Å². The third-order valence-electron chi connectivity index (χ3n) is 2.00. The highest BCUT2D eigenvalue weighted by Gasteiger charge is 2.06. The standard InChI is InChI=1S/C11H7BrClFN2/c1-6-4-10(13)16-11(15-6)7-2-3-9(14)8(12)5-7/h2-5H,1H3. The van der Waals surface area contributed by atoms with Crippen LogP contribution in [-0.4, -0.2) is 9.97 Å². The maximum Gasteiger partial charge on any atom is 0.161 e. The van der Waals surface area contributed by atoms with Crippen LogP contribution in [0.1, 0.15) is 5.69 Å². The molecule has 2 aromatic rings. The van der Waals surface area contributed by atoms with Gasteiger partial charge in [-0.2, -0.15) is 0 Å². The number of nitrogens with zero attached hydrogens (tertiary/aromatic N) is 2. The van der Waals surface area contributed by atoms with Gasteiger partial charge in [0.05, 0.1) is 4.47 Å². The Morgan fingerprint density at radius 2 is 2.00 bits per heavy atom. The van der Waals surface area contributed by atoms with Crippen LogP contribution in [0.4, 0.5) is 4.39 Å². The van der Waals surface area contributed by atoms with E-state index in [0.29, 0.717) is 15.5 Å². The van der Waals surface area contributed by atoms with Crippen LogP contribution in [0, 0.1) is 12.7 Å². The number of halogens is 3. The SMILES string of the molecule is Cc1cc(Cl)nc(-c2ccc(F)c(Br)c2)n1. The van der Waals surface area contributed by atoms with E-state index < -0.39 is 0 Å². The molecule has 1 heterocycles. The number of hydrogen-bond donors (Lipinski definition) is 0. The molecule has 0 saturated carbocycles. The third kappa shape index (κ3) is 2.39. The fourth-order valence-corrected chi connectivity index (χ4v) is 1.91. The van der Waals surface area contributed by atoms with Crippen molar-refractivity contribution in [1.29, 1.82) is 0 Å². The van der Waals surface area contributed by atoms with Crippen LogP contribution in [0.25, 0.3) is 11.4 Å². The minimum absolute atomic E-state index is 0.317. The molecule has 0 atom stereocenters. The van der Waals surface area contributed by atoms with Gasteiger partial charge in [0.15, 0.2) is 5.82 Å². The van der Waals surface area contributed by atoms with Crippen LogP contribution in [-0.2, 0) is 0 Å². The summed E-state index contributed by atoms with van der Waals surface area (Å²) >= 11 is 8.95. The smallest absolute Gasteiger partial charge is 0.161 e. The second kappa shape index (κ2) is 4.47. The minimum atomic E-state index is -0.317. The first-order chi connectivity index (χ1) is 7.56. The van der Waals surface area contributed by atoms with Gasteiger partial charge in [-0.1, -0.05) is 11.6 Å². The molecule has 1 aromatic heterocycles. The van der Waals surface area contributed by atoms with E-state index in [2.05, 4.69) is 25.9 Å². The molecule has 0 bridgehead atoms. The number of aromatic nitrogens is 2. The summed E-state index contributed by atoms with van der Waals surface area (Å²) in [6.07, 6.45) is 0. The van der Waals surface area contributed by atoms with E-state index in [1.54, 1.807) is 18.2 Å². The molecule has 0 radical (unpaired) electrons. The Morgan fingerprint density at radius 1 is 1.25 bits per heavy atom. The molecule has 0 fully saturated rings. The van der Waals surface area contributed by atoms with Gasteiger partial charge in [0, 0.05) is 11.3 Å². The zero-order valence-corrected chi connectivity index (χ0v) is 10.7. The Kier molecular flexibility index (Phi) is 3.21. The predicted molar refractivity (Wildman–Crippen MR) is 64.9 cm³/mol. The molecule has 0 unspecified atom stereocenters. The molecule has 0 aliphatic heterocycles. The summed E-state index contributed by atoms with van der Waals surface area (Å²) in [6.45, 7) is 1.83. The van der Waals surface area contributed by atoms with E-state index in [4.69, 9.17) is 11.6 Å². The second-order valence-electron chi connectivity index (χ2n) is 3.28. The molecule has 0 saturated heterocycles. The fourth-order valence-electron chi connectivity index (χ4n) is 1.29. The van der Waals surface area contributed by atoms with Gasteiger partial charge in [-0.15, -0.1) is 0 Å². The van der Waals surface area contributed by atoms with Crippen LogP contribution < -0.4 is 0 Å². The Balaban J connectivity index is 2.54. The van der Waals surface area contributed by atoms with Crippen molar-refractivity contribution >= 4 is 27.5 Å².